The number of carbonyl (C=O) groups excluding carboxylic acids is 2. The minimum Gasteiger partial charge on any atom is -0.349 e. The molecule has 2 rings (SSSR count). The van der Waals surface area contributed by atoms with Crippen molar-refractivity contribution in [1.29, 1.82) is 0 Å². The first-order valence-corrected chi connectivity index (χ1v) is 6.56. The molecular weight excluding hydrogens is 240 g/mol. The molecule has 0 spiro atoms. The fraction of sp³-hybridized carbons (Fsp3) is 0.467. The van der Waals surface area contributed by atoms with Crippen molar-refractivity contribution in [3.05, 3.63) is 35.9 Å². The SMILES string of the molecule is C[C@@H](c1ccccc1)N1CC(C(=O)N(C)C)CC1=O. The normalized spacial score (nSPS) is 20.5. The number of amides is 2. The van der Waals surface area contributed by atoms with Crippen molar-refractivity contribution in [3.63, 3.8) is 0 Å². The number of hydrogen-bond donors (Lipinski definition) is 0. The van der Waals surface area contributed by atoms with E-state index in [1.165, 1.54) is 0 Å². The van der Waals surface area contributed by atoms with Gasteiger partial charge in [0.15, 0.2) is 0 Å². The first-order valence-electron chi connectivity index (χ1n) is 6.56. The Kier molecular flexibility index (Phi) is 3.88. The van der Waals surface area contributed by atoms with E-state index in [2.05, 4.69) is 0 Å². The quantitative estimate of drug-likeness (QED) is 0.829. The molecule has 1 fully saturated rings. The molecule has 1 saturated heterocycles. The highest BCUT2D eigenvalue weighted by Gasteiger charge is 2.37. The number of benzene rings is 1. The molecule has 4 nitrogen and oxygen atoms in total. The first-order chi connectivity index (χ1) is 9.00. The largest absolute Gasteiger partial charge is 0.349 e. The molecular formula is C15H20N2O2. The number of rotatable bonds is 3. The molecule has 0 N–H and O–H groups in total. The molecule has 0 bridgehead atoms. The Morgan fingerprint density at radius 1 is 1.32 bits per heavy atom. The summed E-state index contributed by atoms with van der Waals surface area (Å²) in [6.07, 6.45) is 0.328. The van der Waals surface area contributed by atoms with E-state index in [1.807, 2.05) is 37.3 Å². The van der Waals surface area contributed by atoms with Gasteiger partial charge >= 0.3 is 0 Å². The Morgan fingerprint density at radius 3 is 2.53 bits per heavy atom. The fourth-order valence-corrected chi connectivity index (χ4v) is 2.55. The van der Waals surface area contributed by atoms with Crippen LogP contribution in [0.2, 0.25) is 0 Å². The lowest BCUT2D eigenvalue weighted by atomic mass is 10.1. The number of nitrogens with zero attached hydrogens (tertiary/aromatic N) is 2. The van der Waals surface area contributed by atoms with Crippen molar-refractivity contribution in [2.75, 3.05) is 20.6 Å². The third kappa shape index (κ3) is 2.78. The first kappa shape index (κ1) is 13.6. The molecule has 0 aliphatic carbocycles. The van der Waals surface area contributed by atoms with Crippen LogP contribution in [0.15, 0.2) is 30.3 Å². The van der Waals surface area contributed by atoms with Gasteiger partial charge in [0.05, 0.1) is 12.0 Å². The van der Waals surface area contributed by atoms with E-state index in [-0.39, 0.29) is 23.8 Å². The summed E-state index contributed by atoms with van der Waals surface area (Å²) in [7, 11) is 3.46. The molecule has 1 aromatic rings. The molecule has 19 heavy (non-hydrogen) atoms. The Balaban J connectivity index is 2.10. The fourth-order valence-electron chi connectivity index (χ4n) is 2.55. The smallest absolute Gasteiger partial charge is 0.227 e. The lowest BCUT2D eigenvalue weighted by Crippen LogP contribution is -2.33. The van der Waals surface area contributed by atoms with Gasteiger partial charge in [0.1, 0.15) is 0 Å². The molecule has 0 saturated carbocycles. The van der Waals surface area contributed by atoms with Crippen LogP contribution in [0.1, 0.15) is 24.9 Å². The molecule has 2 amide bonds. The highest BCUT2D eigenvalue weighted by molar-refractivity contribution is 5.89. The lowest BCUT2D eigenvalue weighted by molar-refractivity contribution is -0.133. The maximum absolute atomic E-state index is 12.1. The average molecular weight is 260 g/mol. The van der Waals surface area contributed by atoms with Gasteiger partial charge in [0, 0.05) is 27.1 Å². The van der Waals surface area contributed by atoms with E-state index in [9.17, 15) is 9.59 Å². The third-order valence-corrected chi connectivity index (χ3v) is 3.70. The standard InChI is InChI=1S/C15H20N2O2/c1-11(12-7-5-4-6-8-12)17-10-13(9-14(17)18)15(19)16(2)3/h4-8,11,13H,9-10H2,1-3H3/t11-,13?/m0/s1. The molecule has 4 heteroatoms. The maximum atomic E-state index is 12.1. The second kappa shape index (κ2) is 5.43. The molecule has 102 valence electrons. The summed E-state index contributed by atoms with van der Waals surface area (Å²) in [6, 6.07) is 9.94. The average Bonchev–Trinajstić information content (AvgIpc) is 2.80. The van der Waals surface area contributed by atoms with Gasteiger partial charge in [0.25, 0.3) is 0 Å². The molecule has 0 radical (unpaired) electrons. The summed E-state index contributed by atoms with van der Waals surface area (Å²) in [6.45, 7) is 2.53. The Bertz CT molecular complexity index is 470. The highest BCUT2D eigenvalue weighted by atomic mass is 16.2. The van der Waals surface area contributed by atoms with Gasteiger partial charge in [-0.25, -0.2) is 0 Å². The van der Waals surface area contributed by atoms with Gasteiger partial charge in [-0.2, -0.15) is 0 Å². The summed E-state index contributed by atoms with van der Waals surface area (Å²) < 4.78 is 0. The van der Waals surface area contributed by atoms with Crippen LogP contribution in [0.25, 0.3) is 0 Å². The predicted molar refractivity (Wildman–Crippen MR) is 73.4 cm³/mol. The Morgan fingerprint density at radius 2 is 1.95 bits per heavy atom. The summed E-state index contributed by atoms with van der Waals surface area (Å²) in [5.41, 5.74) is 1.11. The van der Waals surface area contributed by atoms with Crippen LogP contribution in [0.4, 0.5) is 0 Å². The van der Waals surface area contributed by atoms with Crippen molar-refractivity contribution in [2.45, 2.75) is 19.4 Å². The molecule has 0 aromatic heterocycles. The number of likely N-dealkylation sites (tertiary alicyclic amines) is 1. The third-order valence-electron chi connectivity index (χ3n) is 3.70. The van der Waals surface area contributed by atoms with Crippen LogP contribution in [-0.2, 0) is 9.59 Å². The Labute approximate surface area is 114 Å². The lowest BCUT2D eigenvalue weighted by Gasteiger charge is -2.25. The van der Waals surface area contributed by atoms with E-state index in [1.54, 1.807) is 23.9 Å². The Hall–Kier alpha value is -1.84. The van der Waals surface area contributed by atoms with Crippen LogP contribution in [0.3, 0.4) is 0 Å². The van der Waals surface area contributed by atoms with Crippen molar-refractivity contribution in [3.8, 4) is 0 Å². The van der Waals surface area contributed by atoms with Crippen LogP contribution in [-0.4, -0.2) is 42.3 Å². The highest BCUT2D eigenvalue weighted by Crippen LogP contribution is 2.28. The zero-order valence-corrected chi connectivity index (χ0v) is 11.7. The van der Waals surface area contributed by atoms with Gasteiger partial charge in [-0.15, -0.1) is 0 Å². The minimum absolute atomic E-state index is 0.0219. The van der Waals surface area contributed by atoms with Gasteiger partial charge in [-0.1, -0.05) is 30.3 Å². The second-order valence-electron chi connectivity index (χ2n) is 5.27. The van der Waals surface area contributed by atoms with Crippen molar-refractivity contribution < 1.29 is 9.59 Å². The predicted octanol–water partition coefficient (Wildman–Crippen LogP) is 1.68. The molecule has 1 heterocycles. The molecule has 1 aromatic carbocycles. The maximum Gasteiger partial charge on any atom is 0.227 e. The van der Waals surface area contributed by atoms with Crippen molar-refractivity contribution >= 4 is 11.8 Å². The summed E-state index contributed by atoms with van der Waals surface area (Å²) in [5.74, 6) is -0.0960. The topological polar surface area (TPSA) is 40.6 Å². The summed E-state index contributed by atoms with van der Waals surface area (Å²) in [4.78, 5) is 27.4. The number of hydrogen-bond acceptors (Lipinski definition) is 2. The van der Waals surface area contributed by atoms with E-state index < -0.39 is 0 Å². The van der Waals surface area contributed by atoms with Crippen molar-refractivity contribution in [1.82, 2.24) is 9.80 Å². The van der Waals surface area contributed by atoms with Crippen LogP contribution < -0.4 is 0 Å². The van der Waals surface area contributed by atoms with E-state index >= 15 is 0 Å². The number of carbonyl (C=O) groups is 2. The molecule has 1 aliphatic heterocycles. The van der Waals surface area contributed by atoms with Gasteiger partial charge in [0.2, 0.25) is 11.8 Å². The van der Waals surface area contributed by atoms with Crippen LogP contribution in [0.5, 0.6) is 0 Å². The van der Waals surface area contributed by atoms with Crippen LogP contribution in [0, 0.1) is 5.92 Å². The zero-order valence-electron chi connectivity index (χ0n) is 11.7. The molecule has 1 unspecified atom stereocenters. The van der Waals surface area contributed by atoms with E-state index in [4.69, 9.17) is 0 Å². The van der Waals surface area contributed by atoms with Crippen LogP contribution >= 0.6 is 0 Å². The zero-order chi connectivity index (χ0) is 14.0. The van der Waals surface area contributed by atoms with Gasteiger partial charge < -0.3 is 9.80 Å². The van der Waals surface area contributed by atoms with E-state index in [0.717, 1.165) is 5.56 Å². The monoisotopic (exact) mass is 260 g/mol. The molecule has 2 atom stereocenters. The van der Waals surface area contributed by atoms with E-state index in [0.29, 0.717) is 13.0 Å². The summed E-state index contributed by atoms with van der Waals surface area (Å²) >= 11 is 0. The summed E-state index contributed by atoms with van der Waals surface area (Å²) in [5, 5.41) is 0. The second-order valence-corrected chi connectivity index (χ2v) is 5.27. The minimum atomic E-state index is -0.200. The molecule has 1 aliphatic rings. The van der Waals surface area contributed by atoms with Gasteiger partial charge in [-0.3, -0.25) is 9.59 Å². The van der Waals surface area contributed by atoms with Gasteiger partial charge in [-0.05, 0) is 12.5 Å². The van der Waals surface area contributed by atoms with Crippen molar-refractivity contribution in [2.24, 2.45) is 5.92 Å².